The van der Waals surface area contributed by atoms with E-state index in [0.29, 0.717) is 17.4 Å². The van der Waals surface area contributed by atoms with Crippen molar-refractivity contribution < 1.29 is 24.5 Å². The van der Waals surface area contributed by atoms with Crippen molar-refractivity contribution in [3.63, 3.8) is 0 Å². The van der Waals surface area contributed by atoms with Crippen molar-refractivity contribution in [2.45, 2.75) is 31.8 Å². The van der Waals surface area contributed by atoms with E-state index in [1.54, 1.807) is 24.3 Å². The topological polar surface area (TPSA) is 88.0 Å². The first-order valence-corrected chi connectivity index (χ1v) is 9.96. The number of piperidine rings is 1. The first kappa shape index (κ1) is 19.6. The van der Waals surface area contributed by atoms with E-state index in [4.69, 9.17) is 9.47 Å². The van der Waals surface area contributed by atoms with Gasteiger partial charge >= 0.3 is 0 Å². The van der Waals surface area contributed by atoms with Gasteiger partial charge in [0.2, 0.25) is 0 Å². The summed E-state index contributed by atoms with van der Waals surface area (Å²) in [5.74, 6) is 1.42. The monoisotopic (exact) mass is 397 g/mol. The third-order valence-electron chi connectivity index (χ3n) is 6.33. The van der Waals surface area contributed by atoms with E-state index in [2.05, 4.69) is 12.2 Å². The molecular formula is C23H27NO5. The minimum absolute atomic E-state index is 0.0769. The predicted molar refractivity (Wildman–Crippen MR) is 108 cm³/mol. The van der Waals surface area contributed by atoms with Gasteiger partial charge in [-0.1, -0.05) is 19.1 Å². The number of carbonyl (C=O) groups is 1. The molecule has 4 rings (SSSR count). The maximum absolute atomic E-state index is 13.4. The smallest absolute Gasteiger partial charge is 0.160 e. The van der Waals surface area contributed by atoms with Gasteiger partial charge in [-0.05, 0) is 54.2 Å². The number of methoxy groups -OCH3 is 2. The zero-order chi connectivity index (χ0) is 20.7. The Morgan fingerprint density at radius 3 is 1.72 bits per heavy atom. The molecule has 2 aliphatic rings. The lowest BCUT2D eigenvalue weighted by atomic mass is 9.64. The van der Waals surface area contributed by atoms with Crippen LogP contribution in [0.1, 0.15) is 43.0 Å². The Morgan fingerprint density at radius 2 is 1.31 bits per heavy atom. The number of rotatable bonds is 4. The summed E-state index contributed by atoms with van der Waals surface area (Å²) in [6.07, 6.45) is 1.67. The number of nitrogens with one attached hydrogen (secondary N) is 1. The summed E-state index contributed by atoms with van der Waals surface area (Å²) in [7, 11) is 3.03. The standard InChI is InChI=1S/C23H27NO5/c1-12-8-15-21(13-4-6-17(25)19(10-13)28-2)24-22(16(9-12)23(15)27)14-5-7-18(26)20(11-14)29-3/h4-7,10-12,15-16,21-22,24-26H,8-9H2,1-3H3/t12?,15-,16+,21?,22?. The lowest BCUT2D eigenvalue weighted by Crippen LogP contribution is -2.52. The van der Waals surface area contributed by atoms with Crippen LogP contribution >= 0.6 is 0 Å². The Hall–Kier alpha value is -2.73. The third-order valence-corrected chi connectivity index (χ3v) is 6.33. The van der Waals surface area contributed by atoms with Gasteiger partial charge in [-0.2, -0.15) is 0 Å². The molecule has 3 unspecified atom stereocenters. The number of ether oxygens (including phenoxy) is 2. The lowest BCUT2D eigenvalue weighted by molar-refractivity contribution is -0.136. The Bertz CT molecular complexity index is 856. The van der Waals surface area contributed by atoms with Crippen LogP contribution in [0.3, 0.4) is 0 Å². The van der Waals surface area contributed by atoms with Gasteiger partial charge < -0.3 is 25.0 Å². The van der Waals surface area contributed by atoms with E-state index in [-0.39, 0.29) is 41.2 Å². The Labute approximate surface area is 170 Å². The molecule has 6 heteroatoms. The number of hydrogen-bond donors (Lipinski definition) is 3. The lowest BCUT2D eigenvalue weighted by Gasteiger charge is -2.47. The molecule has 1 heterocycles. The van der Waals surface area contributed by atoms with E-state index in [1.807, 2.05) is 12.1 Å². The minimum Gasteiger partial charge on any atom is -0.504 e. The van der Waals surface area contributed by atoms with Gasteiger partial charge in [0.1, 0.15) is 5.78 Å². The second kappa shape index (κ2) is 7.59. The second-order valence-corrected chi connectivity index (χ2v) is 8.18. The van der Waals surface area contributed by atoms with Crippen LogP contribution in [0.15, 0.2) is 36.4 Å². The van der Waals surface area contributed by atoms with E-state index >= 15 is 0 Å². The fraction of sp³-hybridized carbons (Fsp3) is 0.435. The largest absolute Gasteiger partial charge is 0.504 e. The number of Topliss-reactive ketones (excluding diaryl/α,β-unsaturated/α-hetero) is 1. The number of ketones is 1. The van der Waals surface area contributed by atoms with Crippen molar-refractivity contribution in [2.24, 2.45) is 17.8 Å². The quantitative estimate of drug-likeness (QED) is 0.729. The van der Waals surface area contributed by atoms with Crippen LogP contribution in [0.25, 0.3) is 0 Å². The molecule has 1 saturated carbocycles. The minimum atomic E-state index is -0.180. The number of fused-ring (bicyclic) bond motifs is 2. The van der Waals surface area contributed by atoms with Crippen molar-refractivity contribution in [1.29, 1.82) is 0 Å². The first-order chi connectivity index (χ1) is 13.9. The SMILES string of the molecule is COc1cc(C2NC(c3ccc(O)c(OC)c3)[C@H]3CC(C)C[C@@H]2C3=O)ccc1O. The number of aromatic hydroxyl groups is 2. The zero-order valence-electron chi connectivity index (χ0n) is 16.9. The average molecular weight is 397 g/mol. The molecule has 3 N–H and O–H groups in total. The summed E-state index contributed by atoms with van der Waals surface area (Å²) in [6, 6.07) is 10.1. The molecule has 0 amide bonds. The molecule has 6 nitrogen and oxygen atoms in total. The average Bonchev–Trinajstić information content (AvgIpc) is 2.71. The molecule has 2 aromatic carbocycles. The van der Waals surface area contributed by atoms with E-state index in [0.717, 1.165) is 24.0 Å². The van der Waals surface area contributed by atoms with Crippen molar-refractivity contribution in [2.75, 3.05) is 14.2 Å². The van der Waals surface area contributed by atoms with Crippen molar-refractivity contribution in [3.05, 3.63) is 47.5 Å². The maximum Gasteiger partial charge on any atom is 0.160 e. The molecule has 5 atom stereocenters. The highest BCUT2D eigenvalue weighted by Crippen LogP contribution is 2.49. The maximum atomic E-state index is 13.4. The molecule has 0 aromatic heterocycles. The van der Waals surface area contributed by atoms with Crippen molar-refractivity contribution >= 4 is 5.78 Å². The molecule has 0 spiro atoms. The molecular weight excluding hydrogens is 370 g/mol. The zero-order valence-corrected chi connectivity index (χ0v) is 16.9. The van der Waals surface area contributed by atoms with Crippen LogP contribution < -0.4 is 14.8 Å². The van der Waals surface area contributed by atoms with Crippen LogP contribution in [0.4, 0.5) is 0 Å². The van der Waals surface area contributed by atoms with Crippen LogP contribution in [-0.4, -0.2) is 30.2 Å². The number of benzene rings is 2. The van der Waals surface area contributed by atoms with Gasteiger partial charge in [0.15, 0.2) is 23.0 Å². The predicted octanol–water partition coefficient (Wildman–Crippen LogP) is 3.73. The van der Waals surface area contributed by atoms with Crippen LogP contribution in [-0.2, 0) is 4.79 Å². The summed E-state index contributed by atoms with van der Waals surface area (Å²) < 4.78 is 10.6. The van der Waals surface area contributed by atoms with Gasteiger partial charge in [-0.15, -0.1) is 0 Å². The molecule has 0 radical (unpaired) electrons. The molecule has 1 saturated heterocycles. The molecule has 29 heavy (non-hydrogen) atoms. The Balaban J connectivity index is 1.76. The number of carbonyl (C=O) groups excluding carboxylic acids is 1. The van der Waals surface area contributed by atoms with E-state index < -0.39 is 0 Å². The molecule has 1 aliphatic carbocycles. The summed E-state index contributed by atoms with van der Waals surface area (Å²) in [6.45, 7) is 2.20. The molecule has 154 valence electrons. The van der Waals surface area contributed by atoms with E-state index in [1.165, 1.54) is 14.2 Å². The van der Waals surface area contributed by atoms with Crippen molar-refractivity contribution in [1.82, 2.24) is 5.32 Å². The van der Waals surface area contributed by atoms with Crippen LogP contribution in [0, 0.1) is 17.8 Å². The van der Waals surface area contributed by atoms with Crippen molar-refractivity contribution in [3.8, 4) is 23.0 Å². The normalized spacial score (nSPS) is 28.8. The Kier molecular flexibility index (Phi) is 5.13. The van der Waals surface area contributed by atoms with E-state index in [9.17, 15) is 15.0 Å². The summed E-state index contributed by atoms with van der Waals surface area (Å²) in [5.41, 5.74) is 1.84. The highest BCUT2D eigenvalue weighted by atomic mass is 16.5. The second-order valence-electron chi connectivity index (χ2n) is 8.18. The molecule has 2 aromatic rings. The van der Waals surface area contributed by atoms with Crippen LogP contribution in [0.2, 0.25) is 0 Å². The van der Waals surface area contributed by atoms with Gasteiger partial charge in [0.25, 0.3) is 0 Å². The summed E-state index contributed by atoms with van der Waals surface area (Å²) in [5, 5.41) is 23.6. The number of hydrogen-bond acceptors (Lipinski definition) is 6. The van der Waals surface area contributed by atoms with Gasteiger partial charge in [-0.3, -0.25) is 4.79 Å². The Morgan fingerprint density at radius 1 is 0.862 bits per heavy atom. The highest BCUT2D eigenvalue weighted by Gasteiger charge is 2.48. The van der Waals surface area contributed by atoms with Gasteiger partial charge in [0.05, 0.1) is 14.2 Å². The van der Waals surface area contributed by atoms with Gasteiger partial charge in [0, 0.05) is 23.9 Å². The number of phenols is 2. The summed E-state index contributed by atoms with van der Waals surface area (Å²) in [4.78, 5) is 13.4. The molecule has 2 bridgehead atoms. The highest BCUT2D eigenvalue weighted by molar-refractivity contribution is 5.87. The van der Waals surface area contributed by atoms with Crippen LogP contribution in [0.5, 0.6) is 23.0 Å². The summed E-state index contributed by atoms with van der Waals surface area (Å²) >= 11 is 0. The fourth-order valence-electron chi connectivity index (χ4n) is 4.93. The molecule has 2 fully saturated rings. The number of phenolic OH excluding ortho intramolecular Hbond substituents is 2. The molecule has 1 aliphatic heterocycles. The van der Waals surface area contributed by atoms with Gasteiger partial charge in [-0.25, -0.2) is 0 Å². The fourth-order valence-corrected chi connectivity index (χ4v) is 4.93. The first-order valence-electron chi connectivity index (χ1n) is 9.96. The third kappa shape index (κ3) is 3.42.